The highest BCUT2D eigenvalue weighted by molar-refractivity contribution is 6.07. The average molecular weight is 488 g/mol. The van der Waals surface area contributed by atoms with Crippen LogP contribution in [0.5, 0.6) is 11.5 Å². The summed E-state index contributed by atoms with van der Waals surface area (Å²) < 4.78 is 13.6. The molecule has 3 aromatic heterocycles. The van der Waals surface area contributed by atoms with E-state index < -0.39 is 5.60 Å². The standard InChI is InChI=1S/C26H25N5O5/c1-15-19(25(33)30-11-8-26(34,14-30)7-9-27)13-31-23(15)20(6-10-29-31)36-17-4-5-18-21(12-17)35-16(2)22(18)24(32)28-3/h4-6,10,12-13,34H,7-8,11,14H2,1-3H3,(H,28,32). The lowest BCUT2D eigenvalue weighted by Gasteiger charge is -2.20. The molecule has 0 bridgehead atoms. The maximum Gasteiger partial charge on any atom is 0.255 e. The van der Waals surface area contributed by atoms with Gasteiger partial charge in [-0.05, 0) is 38.0 Å². The molecule has 2 amide bonds. The first kappa shape index (κ1) is 23.4. The minimum Gasteiger partial charge on any atom is -0.460 e. The second-order valence-electron chi connectivity index (χ2n) is 9.06. The number of β-amino-alcohol motifs (C(OH)–C–C–N with tert-alkyl or cyclic N) is 1. The van der Waals surface area contributed by atoms with E-state index in [1.54, 1.807) is 60.0 Å². The fourth-order valence-electron chi connectivity index (χ4n) is 4.81. The van der Waals surface area contributed by atoms with Gasteiger partial charge in [-0.1, -0.05) is 0 Å². The third-order valence-electron chi connectivity index (χ3n) is 6.67. The van der Waals surface area contributed by atoms with Crippen LogP contribution in [-0.4, -0.2) is 57.2 Å². The van der Waals surface area contributed by atoms with E-state index in [4.69, 9.17) is 14.4 Å². The summed E-state index contributed by atoms with van der Waals surface area (Å²) in [6.45, 7) is 4.05. The molecule has 4 heterocycles. The Morgan fingerprint density at radius 1 is 1.33 bits per heavy atom. The molecule has 1 fully saturated rings. The van der Waals surface area contributed by atoms with Gasteiger partial charge in [0, 0.05) is 37.3 Å². The summed E-state index contributed by atoms with van der Waals surface area (Å²) in [4.78, 5) is 27.0. The van der Waals surface area contributed by atoms with Crippen LogP contribution in [0.3, 0.4) is 0 Å². The van der Waals surface area contributed by atoms with E-state index in [1.165, 1.54) is 0 Å². The molecule has 10 heteroatoms. The second kappa shape index (κ2) is 8.70. The number of fused-ring (bicyclic) bond motifs is 2. The van der Waals surface area contributed by atoms with Crippen molar-refractivity contribution in [2.45, 2.75) is 32.3 Å². The van der Waals surface area contributed by atoms with Crippen molar-refractivity contribution >= 4 is 28.3 Å². The van der Waals surface area contributed by atoms with Crippen molar-refractivity contribution in [3.63, 3.8) is 0 Å². The van der Waals surface area contributed by atoms with Crippen LogP contribution in [0.2, 0.25) is 0 Å². The summed E-state index contributed by atoms with van der Waals surface area (Å²) in [7, 11) is 1.57. The summed E-state index contributed by atoms with van der Waals surface area (Å²) in [5, 5.41) is 27.1. The molecule has 5 rings (SSSR count). The third-order valence-corrected chi connectivity index (χ3v) is 6.67. The number of hydrogen-bond donors (Lipinski definition) is 2. The molecule has 4 aromatic rings. The van der Waals surface area contributed by atoms with Crippen LogP contribution in [0.1, 0.15) is 44.9 Å². The number of ether oxygens (including phenoxy) is 1. The molecule has 1 aliphatic rings. The van der Waals surface area contributed by atoms with Gasteiger partial charge < -0.3 is 24.5 Å². The number of nitrogens with one attached hydrogen (secondary N) is 1. The normalized spacial score (nSPS) is 17.5. The predicted molar refractivity (Wildman–Crippen MR) is 130 cm³/mol. The molecule has 1 aromatic carbocycles. The van der Waals surface area contributed by atoms with Gasteiger partial charge in [-0.3, -0.25) is 9.59 Å². The van der Waals surface area contributed by atoms with E-state index >= 15 is 0 Å². The number of amides is 2. The number of nitrogens with zero attached hydrogens (tertiary/aromatic N) is 4. The van der Waals surface area contributed by atoms with Crippen molar-refractivity contribution in [1.82, 2.24) is 19.8 Å². The monoisotopic (exact) mass is 487 g/mol. The van der Waals surface area contributed by atoms with E-state index in [2.05, 4.69) is 10.4 Å². The lowest BCUT2D eigenvalue weighted by molar-refractivity contribution is 0.0477. The van der Waals surface area contributed by atoms with Gasteiger partial charge in [-0.25, -0.2) is 4.52 Å². The maximum absolute atomic E-state index is 13.3. The smallest absolute Gasteiger partial charge is 0.255 e. The van der Waals surface area contributed by atoms with Crippen molar-refractivity contribution in [2.24, 2.45) is 0 Å². The zero-order valence-corrected chi connectivity index (χ0v) is 20.2. The second-order valence-corrected chi connectivity index (χ2v) is 9.06. The molecule has 10 nitrogen and oxygen atoms in total. The maximum atomic E-state index is 13.3. The molecule has 0 saturated carbocycles. The minimum atomic E-state index is -1.18. The fraction of sp³-hybridized carbons (Fsp3) is 0.308. The summed E-state index contributed by atoms with van der Waals surface area (Å²) >= 11 is 0. The first-order valence-electron chi connectivity index (χ1n) is 11.5. The highest BCUT2D eigenvalue weighted by Gasteiger charge is 2.39. The van der Waals surface area contributed by atoms with Gasteiger partial charge in [0.15, 0.2) is 5.75 Å². The molecule has 1 unspecified atom stereocenters. The highest BCUT2D eigenvalue weighted by atomic mass is 16.5. The van der Waals surface area contributed by atoms with Gasteiger partial charge in [0.1, 0.15) is 22.6 Å². The van der Waals surface area contributed by atoms with Crippen molar-refractivity contribution in [1.29, 1.82) is 5.26 Å². The first-order valence-corrected chi connectivity index (χ1v) is 11.5. The summed E-state index contributed by atoms with van der Waals surface area (Å²) in [5.74, 6) is 1.07. The molecule has 184 valence electrons. The van der Waals surface area contributed by atoms with Crippen LogP contribution in [0.15, 0.2) is 41.1 Å². The van der Waals surface area contributed by atoms with E-state index in [-0.39, 0.29) is 24.8 Å². The molecule has 0 radical (unpaired) electrons. The van der Waals surface area contributed by atoms with Gasteiger partial charge in [-0.2, -0.15) is 10.4 Å². The van der Waals surface area contributed by atoms with Crippen LogP contribution in [0.25, 0.3) is 16.5 Å². The first-order chi connectivity index (χ1) is 17.2. The molecule has 36 heavy (non-hydrogen) atoms. The third kappa shape index (κ3) is 3.83. The SMILES string of the molecule is CNC(=O)c1c(C)oc2cc(Oc3ccnn4cc(C(=O)N5CCC(O)(CC#N)C5)c(C)c34)ccc12. The largest absolute Gasteiger partial charge is 0.460 e. The molecule has 1 saturated heterocycles. The Morgan fingerprint density at radius 3 is 2.89 bits per heavy atom. The van der Waals surface area contributed by atoms with Gasteiger partial charge in [0.25, 0.3) is 11.8 Å². The number of aliphatic hydroxyl groups is 1. The number of nitriles is 1. The number of hydrogen-bond acceptors (Lipinski definition) is 7. The van der Waals surface area contributed by atoms with Gasteiger partial charge in [-0.15, -0.1) is 0 Å². The number of carbonyl (C=O) groups is 2. The zero-order valence-electron chi connectivity index (χ0n) is 20.2. The Labute approximate surface area is 206 Å². The van der Waals surface area contributed by atoms with Gasteiger partial charge in [0.05, 0.1) is 42.0 Å². The number of likely N-dealkylation sites (tertiary alicyclic amines) is 1. The highest BCUT2D eigenvalue weighted by Crippen LogP contribution is 2.35. The topological polar surface area (TPSA) is 133 Å². The lowest BCUT2D eigenvalue weighted by atomic mass is 10.0. The van der Waals surface area contributed by atoms with Crippen LogP contribution >= 0.6 is 0 Å². The number of benzene rings is 1. The molecule has 1 atom stereocenters. The van der Waals surface area contributed by atoms with Crippen LogP contribution in [-0.2, 0) is 0 Å². The quantitative estimate of drug-likeness (QED) is 0.441. The number of carbonyl (C=O) groups excluding carboxylic acids is 2. The lowest BCUT2D eigenvalue weighted by Crippen LogP contribution is -2.35. The molecule has 0 spiro atoms. The van der Waals surface area contributed by atoms with Gasteiger partial charge >= 0.3 is 0 Å². The van der Waals surface area contributed by atoms with Crippen LogP contribution < -0.4 is 10.1 Å². The van der Waals surface area contributed by atoms with Crippen LogP contribution in [0, 0.1) is 25.2 Å². The molecule has 2 N–H and O–H groups in total. The zero-order chi connectivity index (χ0) is 25.6. The Morgan fingerprint density at radius 2 is 2.14 bits per heavy atom. The number of rotatable bonds is 5. The van der Waals surface area contributed by atoms with Crippen molar-refractivity contribution in [3.05, 3.63) is 59.1 Å². The predicted octanol–water partition coefficient (Wildman–Crippen LogP) is 3.34. The number of aromatic nitrogens is 2. The molecular formula is C26H25N5O5. The summed E-state index contributed by atoms with van der Waals surface area (Å²) in [6, 6.07) is 8.96. The van der Waals surface area contributed by atoms with Crippen LogP contribution in [0.4, 0.5) is 0 Å². The molecule has 0 aliphatic carbocycles. The number of aryl methyl sites for hydroxylation is 2. The van der Waals surface area contributed by atoms with Crippen molar-refractivity contribution < 1.29 is 23.8 Å². The van der Waals surface area contributed by atoms with E-state index in [1.807, 2.05) is 13.0 Å². The minimum absolute atomic E-state index is 0.0167. The Hall–Kier alpha value is -4.36. The Balaban J connectivity index is 1.46. The Kier molecular flexibility index (Phi) is 5.65. The van der Waals surface area contributed by atoms with E-state index in [0.29, 0.717) is 63.4 Å². The fourth-order valence-corrected chi connectivity index (χ4v) is 4.81. The molecule has 1 aliphatic heterocycles. The van der Waals surface area contributed by atoms with E-state index in [9.17, 15) is 14.7 Å². The molecular weight excluding hydrogens is 462 g/mol. The van der Waals surface area contributed by atoms with Crippen molar-refractivity contribution in [3.8, 4) is 17.6 Å². The van der Waals surface area contributed by atoms with E-state index in [0.717, 1.165) is 0 Å². The summed E-state index contributed by atoms with van der Waals surface area (Å²) in [6.07, 6.45) is 3.58. The van der Waals surface area contributed by atoms with Crippen molar-refractivity contribution in [2.75, 3.05) is 20.1 Å². The Bertz CT molecular complexity index is 1560. The summed E-state index contributed by atoms with van der Waals surface area (Å²) in [5.41, 5.74) is 1.61. The number of furan rings is 1. The van der Waals surface area contributed by atoms with Gasteiger partial charge in [0.2, 0.25) is 0 Å². The average Bonchev–Trinajstić information content (AvgIpc) is 3.51.